The van der Waals surface area contributed by atoms with Gasteiger partial charge in [-0.25, -0.2) is 10.9 Å². The Morgan fingerprint density at radius 1 is 1.21 bits per heavy atom. The number of methoxy groups -OCH3 is 1. The number of benzene rings is 2. The third-order valence-corrected chi connectivity index (χ3v) is 5.83. The topological polar surface area (TPSA) is 82.7 Å². The van der Waals surface area contributed by atoms with Crippen LogP contribution in [0.4, 0.5) is 11.4 Å². The molecule has 0 spiro atoms. The van der Waals surface area contributed by atoms with Crippen molar-refractivity contribution >= 4 is 39.1 Å². The average Bonchev–Trinajstić information content (AvgIpc) is 3.38. The molecule has 2 amide bonds. The Morgan fingerprint density at radius 3 is 2.69 bits per heavy atom. The van der Waals surface area contributed by atoms with Crippen molar-refractivity contribution in [2.75, 3.05) is 23.9 Å². The van der Waals surface area contributed by atoms with Crippen LogP contribution in [-0.4, -0.2) is 31.5 Å². The molecular weight excluding hydrogens is 436 g/mol. The van der Waals surface area contributed by atoms with Crippen molar-refractivity contribution in [3.05, 3.63) is 52.5 Å². The van der Waals surface area contributed by atoms with E-state index in [9.17, 15) is 9.59 Å². The zero-order valence-corrected chi connectivity index (χ0v) is 17.7. The van der Waals surface area contributed by atoms with Crippen LogP contribution in [0.2, 0.25) is 0 Å². The number of hydrogen-bond donors (Lipinski definition) is 3. The minimum absolute atomic E-state index is 0.0666. The van der Waals surface area contributed by atoms with Gasteiger partial charge in [0.25, 0.3) is 0 Å². The largest absolute Gasteiger partial charge is 0.494 e. The van der Waals surface area contributed by atoms with Gasteiger partial charge in [0, 0.05) is 35.2 Å². The van der Waals surface area contributed by atoms with Crippen molar-refractivity contribution in [2.45, 2.75) is 31.3 Å². The summed E-state index contributed by atoms with van der Waals surface area (Å²) in [6.07, 6.45) is 2.05. The predicted octanol–water partition coefficient (Wildman–Crippen LogP) is 3.13. The lowest BCUT2D eigenvalue weighted by molar-refractivity contribution is -0.118. The van der Waals surface area contributed by atoms with Gasteiger partial charge >= 0.3 is 0 Å². The second kappa shape index (κ2) is 8.52. The van der Waals surface area contributed by atoms with Gasteiger partial charge in [-0.05, 0) is 42.7 Å². The molecule has 2 unspecified atom stereocenters. The number of nitrogens with one attached hydrogen (secondary N) is 3. The van der Waals surface area contributed by atoms with E-state index in [1.807, 2.05) is 30.3 Å². The smallest absolute Gasteiger partial charge is 0.242 e. The van der Waals surface area contributed by atoms with E-state index < -0.39 is 0 Å². The summed E-state index contributed by atoms with van der Waals surface area (Å²) in [5.74, 6) is 0.549. The van der Waals surface area contributed by atoms with Gasteiger partial charge in [0.15, 0.2) is 0 Å². The number of rotatable bonds is 5. The highest BCUT2D eigenvalue weighted by molar-refractivity contribution is 9.10. The quantitative estimate of drug-likeness (QED) is 0.640. The molecule has 152 valence electrons. The summed E-state index contributed by atoms with van der Waals surface area (Å²) in [6.45, 7) is 0.690. The number of halogens is 1. The highest BCUT2D eigenvalue weighted by atomic mass is 79.9. The first-order chi connectivity index (χ1) is 14.0. The fraction of sp³-hybridized carbons (Fsp3) is 0.333. The second-order valence-electron chi connectivity index (χ2n) is 7.21. The first-order valence-electron chi connectivity index (χ1n) is 9.61. The summed E-state index contributed by atoms with van der Waals surface area (Å²) < 4.78 is 6.48. The molecule has 0 bridgehead atoms. The Balaban J connectivity index is 1.42. The van der Waals surface area contributed by atoms with Crippen LogP contribution in [0.5, 0.6) is 5.75 Å². The standard InChI is InChI=1S/C21H23BrN4O3/c1-29-19-11-15(8-9-18(19)26-10-2-3-20(26)27)23-21(28)17-12-16(24-25-17)13-4-6-14(22)7-5-13/h4-9,11,16-17,24-25H,2-3,10,12H2,1H3,(H,23,28). The number of amides is 2. The number of carbonyl (C=O) groups excluding carboxylic acids is 2. The fourth-order valence-electron chi connectivity index (χ4n) is 3.75. The van der Waals surface area contributed by atoms with Crippen LogP contribution in [0.1, 0.15) is 30.9 Å². The molecule has 0 aliphatic carbocycles. The van der Waals surface area contributed by atoms with E-state index in [1.54, 1.807) is 24.1 Å². The van der Waals surface area contributed by atoms with E-state index in [1.165, 1.54) is 0 Å². The lowest BCUT2D eigenvalue weighted by atomic mass is 10.0. The Morgan fingerprint density at radius 2 is 2.00 bits per heavy atom. The van der Waals surface area contributed by atoms with Crippen molar-refractivity contribution in [3.8, 4) is 5.75 Å². The molecule has 2 aliphatic heterocycles. The molecule has 8 heteroatoms. The fourth-order valence-corrected chi connectivity index (χ4v) is 4.02. The number of hydrazine groups is 1. The van der Waals surface area contributed by atoms with Gasteiger partial charge in [-0.1, -0.05) is 28.1 Å². The lowest BCUT2D eigenvalue weighted by Crippen LogP contribution is -2.39. The van der Waals surface area contributed by atoms with Gasteiger partial charge in [0.05, 0.1) is 12.8 Å². The monoisotopic (exact) mass is 458 g/mol. The summed E-state index contributed by atoms with van der Waals surface area (Å²) in [6, 6.07) is 13.1. The molecule has 7 nitrogen and oxygen atoms in total. The zero-order chi connectivity index (χ0) is 20.4. The molecule has 2 fully saturated rings. The Kier molecular flexibility index (Phi) is 5.84. The van der Waals surface area contributed by atoms with E-state index in [0.717, 1.165) is 22.1 Å². The number of anilines is 2. The molecular formula is C21H23BrN4O3. The van der Waals surface area contributed by atoms with E-state index in [4.69, 9.17) is 4.74 Å². The molecule has 0 saturated carbocycles. The summed E-state index contributed by atoms with van der Waals surface area (Å²) in [5.41, 5.74) is 8.76. The number of nitrogens with zero attached hydrogens (tertiary/aromatic N) is 1. The summed E-state index contributed by atoms with van der Waals surface area (Å²) in [4.78, 5) is 26.5. The van der Waals surface area contributed by atoms with Gasteiger partial charge < -0.3 is 15.0 Å². The molecule has 0 aromatic heterocycles. The number of ether oxygens (including phenoxy) is 1. The van der Waals surface area contributed by atoms with Gasteiger partial charge in [-0.2, -0.15) is 0 Å². The normalized spacial score (nSPS) is 21.4. The van der Waals surface area contributed by atoms with Gasteiger partial charge in [0.2, 0.25) is 11.8 Å². The summed E-state index contributed by atoms with van der Waals surface area (Å²) in [5, 5.41) is 2.94. The molecule has 3 N–H and O–H groups in total. The maximum Gasteiger partial charge on any atom is 0.242 e. The van der Waals surface area contributed by atoms with Crippen LogP contribution in [0.25, 0.3) is 0 Å². The van der Waals surface area contributed by atoms with E-state index in [0.29, 0.717) is 30.8 Å². The van der Waals surface area contributed by atoms with Crippen LogP contribution in [-0.2, 0) is 9.59 Å². The predicted molar refractivity (Wildman–Crippen MR) is 115 cm³/mol. The van der Waals surface area contributed by atoms with Crippen molar-refractivity contribution in [2.24, 2.45) is 0 Å². The van der Waals surface area contributed by atoms with Crippen LogP contribution in [0, 0.1) is 0 Å². The van der Waals surface area contributed by atoms with Crippen molar-refractivity contribution in [3.63, 3.8) is 0 Å². The third kappa shape index (κ3) is 4.29. The molecule has 2 aromatic rings. The molecule has 0 radical (unpaired) electrons. The minimum atomic E-state index is -0.352. The Labute approximate surface area is 177 Å². The highest BCUT2D eigenvalue weighted by Gasteiger charge is 2.30. The first-order valence-corrected chi connectivity index (χ1v) is 10.4. The Hall–Kier alpha value is -2.42. The molecule has 29 heavy (non-hydrogen) atoms. The van der Waals surface area contributed by atoms with Crippen LogP contribution in [0.15, 0.2) is 46.9 Å². The highest BCUT2D eigenvalue weighted by Crippen LogP contribution is 2.34. The maximum atomic E-state index is 12.7. The third-order valence-electron chi connectivity index (χ3n) is 5.30. The minimum Gasteiger partial charge on any atom is -0.494 e. The van der Waals surface area contributed by atoms with Crippen molar-refractivity contribution < 1.29 is 14.3 Å². The van der Waals surface area contributed by atoms with Gasteiger partial charge in [-0.15, -0.1) is 0 Å². The summed E-state index contributed by atoms with van der Waals surface area (Å²) >= 11 is 3.44. The van der Waals surface area contributed by atoms with Gasteiger partial charge in [-0.3, -0.25) is 9.59 Å². The Bertz CT molecular complexity index is 919. The van der Waals surface area contributed by atoms with E-state index >= 15 is 0 Å². The zero-order valence-electron chi connectivity index (χ0n) is 16.1. The number of hydrogen-bond acceptors (Lipinski definition) is 5. The molecule has 2 heterocycles. The molecule has 2 atom stereocenters. The van der Waals surface area contributed by atoms with Crippen molar-refractivity contribution in [1.82, 2.24) is 10.9 Å². The molecule has 4 rings (SSSR count). The SMILES string of the molecule is COc1cc(NC(=O)C2CC(c3ccc(Br)cc3)NN2)ccc1N1CCCC1=O. The lowest BCUT2D eigenvalue weighted by Gasteiger charge is -2.20. The van der Waals surface area contributed by atoms with Crippen LogP contribution >= 0.6 is 15.9 Å². The van der Waals surface area contributed by atoms with Gasteiger partial charge in [0.1, 0.15) is 11.8 Å². The summed E-state index contributed by atoms with van der Waals surface area (Å²) in [7, 11) is 1.57. The van der Waals surface area contributed by atoms with Crippen molar-refractivity contribution in [1.29, 1.82) is 0 Å². The second-order valence-corrected chi connectivity index (χ2v) is 8.12. The van der Waals surface area contributed by atoms with Crippen LogP contribution in [0.3, 0.4) is 0 Å². The van der Waals surface area contributed by atoms with E-state index in [2.05, 4.69) is 32.1 Å². The molecule has 2 saturated heterocycles. The first kappa shape index (κ1) is 19.9. The maximum absolute atomic E-state index is 12.7. The van der Waals surface area contributed by atoms with E-state index in [-0.39, 0.29) is 23.9 Å². The van der Waals surface area contributed by atoms with Crippen LogP contribution < -0.4 is 25.8 Å². The number of carbonyl (C=O) groups is 2. The molecule has 2 aromatic carbocycles. The average molecular weight is 459 g/mol. The molecule has 2 aliphatic rings.